The summed E-state index contributed by atoms with van der Waals surface area (Å²) in [4.78, 5) is 0.0192. The van der Waals surface area contributed by atoms with Gasteiger partial charge in [-0.25, -0.2) is 8.78 Å². The van der Waals surface area contributed by atoms with Crippen molar-refractivity contribution in [1.29, 1.82) is 0 Å². The summed E-state index contributed by atoms with van der Waals surface area (Å²) in [5, 5.41) is 0. The van der Waals surface area contributed by atoms with E-state index in [0.29, 0.717) is 0 Å². The van der Waals surface area contributed by atoms with Crippen molar-refractivity contribution in [3.63, 3.8) is 0 Å². The van der Waals surface area contributed by atoms with Crippen LogP contribution in [0.5, 0.6) is 0 Å². The Kier molecular flexibility index (Phi) is 3.92. The topological polar surface area (TPSA) is 9.23 Å². The zero-order valence-corrected chi connectivity index (χ0v) is 10.3. The Morgan fingerprint density at radius 3 is 2.81 bits per heavy atom. The number of hydrogen-bond donors (Lipinski definition) is 0. The van der Waals surface area contributed by atoms with Crippen molar-refractivity contribution in [1.82, 2.24) is 0 Å². The van der Waals surface area contributed by atoms with Crippen LogP contribution in [-0.4, -0.2) is 12.7 Å². The van der Waals surface area contributed by atoms with Crippen molar-refractivity contribution in [2.24, 2.45) is 0 Å². The zero-order chi connectivity index (χ0) is 11.5. The smallest absolute Gasteiger partial charge is 0.159 e. The van der Waals surface area contributed by atoms with Crippen LogP contribution in [0.4, 0.5) is 8.78 Å². The summed E-state index contributed by atoms with van der Waals surface area (Å²) in [6.45, 7) is 0.808. The third kappa shape index (κ3) is 2.80. The standard InChI is InChI=1S/C12H13BrF2O/c13-10(7-9-2-1-5-16-9)8-3-4-11(14)12(15)6-8/h3-4,6,9-10H,1-2,5,7H2. The lowest BCUT2D eigenvalue weighted by molar-refractivity contribution is 0.104. The summed E-state index contributed by atoms with van der Waals surface area (Å²) in [7, 11) is 0. The van der Waals surface area contributed by atoms with E-state index < -0.39 is 11.6 Å². The van der Waals surface area contributed by atoms with Crippen LogP contribution in [0.3, 0.4) is 0 Å². The lowest BCUT2D eigenvalue weighted by Gasteiger charge is -2.15. The van der Waals surface area contributed by atoms with E-state index in [-0.39, 0.29) is 10.9 Å². The molecule has 2 rings (SSSR count). The molecule has 0 N–H and O–H groups in total. The Morgan fingerprint density at radius 1 is 1.38 bits per heavy atom. The molecule has 1 heterocycles. The predicted octanol–water partition coefficient (Wildman–Crippen LogP) is 3.97. The van der Waals surface area contributed by atoms with Crippen molar-refractivity contribution in [3.8, 4) is 0 Å². The van der Waals surface area contributed by atoms with E-state index in [9.17, 15) is 8.78 Å². The molecule has 0 spiro atoms. The largest absolute Gasteiger partial charge is 0.378 e. The van der Waals surface area contributed by atoms with Gasteiger partial charge in [-0.05, 0) is 37.0 Å². The van der Waals surface area contributed by atoms with E-state index in [0.717, 1.165) is 37.5 Å². The van der Waals surface area contributed by atoms with E-state index in [1.54, 1.807) is 6.07 Å². The minimum Gasteiger partial charge on any atom is -0.378 e. The monoisotopic (exact) mass is 290 g/mol. The summed E-state index contributed by atoms with van der Waals surface area (Å²) in [6, 6.07) is 4.00. The fourth-order valence-corrected chi connectivity index (χ4v) is 2.61. The highest BCUT2D eigenvalue weighted by Gasteiger charge is 2.20. The van der Waals surface area contributed by atoms with E-state index in [1.165, 1.54) is 6.07 Å². The average Bonchev–Trinajstić information content (AvgIpc) is 2.74. The van der Waals surface area contributed by atoms with Gasteiger partial charge in [-0.3, -0.25) is 0 Å². The molecule has 1 aliphatic heterocycles. The molecule has 1 aromatic rings. The molecule has 1 aliphatic rings. The Bertz CT molecular complexity index is 364. The van der Waals surface area contributed by atoms with Gasteiger partial charge >= 0.3 is 0 Å². The van der Waals surface area contributed by atoms with Crippen molar-refractivity contribution in [2.45, 2.75) is 30.2 Å². The average molecular weight is 291 g/mol. The van der Waals surface area contributed by atoms with Crippen molar-refractivity contribution < 1.29 is 13.5 Å². The summed E-state index contributed by atoms with van der Waals surface area (Å²) in [6.07, 6.45) is 3.16. The van der Waals surface area contributed by atoms with Crippen molar-refractivity contribution in [2.75, 3.05) is 6.61 Å². The number of halogens is 3. The highest BCUT2D eigenvalue weighted by atomic mass is 79.9. The highest BCUT2D eigenvalue weighted by Crippen LogP contribution is 2.32. The molecule has 1 fully saturated rings. The van der Waals surface area contributed by atoms with Gasteiger partial charge in [0, 0.05) is 11.4 Å². The molecule has 1 saturated heterocycles. The third-order valence-corrected chi connectivity index (χ3v) is 3.70. The molecule has 0 amide bonds. The molecule has 16 heavy (non-hydrogen) atoms. The number of hydrogen-bond acceptors (Lipinski definition) is 1. The maximum absolute atomic E-state index is 13.0. The molecule has 2 unspecified atom stereocenters. The Balaban J connectivity index is 2.02. The fourth-order valence-electron chi connectivity index (χ4n) is 1.90. The van der Waals surface area contributed by atoms with Crippen LogP contribution in [0.25, 0.3) is 0 Å². The quantitative estimate of drug-likeness (QED) is 0.766. The summed E-state index contributed by atoms with van der Waals surface area (Å²) in [5.41, 5.74) is 0.759. The molecule has 2 atom stereocenters. The van der Waals surface area contributed by atoms with E-state index >= 15 is 0 Å². The molecule has 88 valence electrons. The van der Waals surface area contributed by atoms with E-state index in [1.807, 2.05) is 0 Å². The molecule has 0 aromatic heterocycles. The molecule has 1 nitrogen and oxygen atoms in total. The second-order valence-electron chi connectivity index (χ2n) is 4.01. The number of alkyl halides is 1. The summed E-state index contributed by atoms with van der Waals surface area (Å²) < 4.78 is 31.3. The molecule has 0 radical (unpaired) electrons. The minimum atomic E-state index is -0.805. The van der Waals surface area contributed by atoms with E-state index in [4.69, 9.17) is 4.74 Å². The molecular weight excluding hydrogens is 278 g/mol. The molecule has 4 heteroatoms. The Morgan fingerprint density at radius 2 is 2.19 bits per heavy atom. The first kappa shape index (κ1) is 12.0. The summed E-state index contributed by atoms with van der Waals surface area (Å²) in [5.74, 6) is -1.60. The van der Waals surface area contributed by atoms with Crippen LogP contribution in [0.2, 0.25) is 0 Å². The molecular formula is C12H13BrF2O. The zero-order valence-electron chi connectivity index (χ0n) is 8.76. The molecule has 0 bridgehead atoms. The lowest BCUT2D eigenvalue weighted by Crippen LogP contribution is -2.08. The third-order valence-electron chi connectivity index (χ3n) is 2.80. The second-order valence-corrected chi connectivity index (χ2v) is 5.12. The number of benzene rings is 1. The first-order valence-corrected chi connectivity index (χ1v) is 6.29. The van der Waals surface area contributed by atoms with Gasteiger partial charge in [0.05, 0.1) is 6.10 Å². The van der Waals surface area contributed by atoms with Crippen molar-refractivity contribution in [3.05, 3.63) is 35.4 Å². The van der Waals surface area contributed by atoms with Crippen molar-refractivity contribution >= 4 is 15.9 Å². The van der Waals surface area contributed by atoms with Gasteiger partial charge in [-0.15, -0.1) is 0 Å². The Hall–Kier alpha value is -0.480. The summed E-state index contributed by atoms with van der Waals surface area (Å²) >= 11 is 3.49. The molecule has 1 aromatic carbocycles. The van der Waals surface area contributed by atoms with Crippen LogP contribution >= 0.6 is 15.9 Å². The van der Waals surface area contributed by atoms with Gasteiger partial charge in [-0.1, -0.05) is 22.0 Å². The lowest BCUT2D eigenvalue weighted by atomic mass is 10.0. The first-order chi connectivity index (χ1) is 7.66. The Labute approximate surface area is 102 Å². The number of ether oxygens (including phenoxy) is 1. The van der Waals surface area contributed by atoms with Gasteiger partial charge in [0.1, 0.15) is 0 Å². The maximum atomic E-state index is 13.0. The predicted molar refractivity (Wildman–Crippen MR) is 61.6 cm³/mol. The van der Waals surface area contributed by atoms with Gasteiger partial charge < -0.3 is 4.74 Å². The molecule has 0 aliphatic carbocycles. The first-order valence-electron chi connectivity index (χ1n) is 5.37. The SMILES string of the molecule is Fc1ccc(C(Br)CC2CCCO2)cc1F. The van der Waals surface area contributed by atoms with Crippen LogP contribution in [0.15, 0.2) is 18.2 Å². The fraction of sp³-hybridized carbons (Fsp3) is 0.500. The van der Waals surface area contributed by atoms with Gasteiger partial charge in [0.2, 0.25) is 0 Å². The van der Waals surface area contributed by atoms with Gasteiger partial charge in [-0.2, -0.15) is 0 Å². The van der Waals surface area contributed by atoms with Crippen LogP contribution in [0, 0.1) is 11.6 Å². The normalized spacial score (nSPS) is 22.3. The second kappa shape index (κ2) is 5.23. The molecule has 0 saturated carbocycles. The minimum absolute atomic E-state index is 0.0192. The van der Waals surface area contributed by atoms with Gasteiger partial charge in [0.15, 0.2) is 11.6 Å². The van der Waals surface area contributed by atoms with Crippen LogP contribution < -0.4 is 0 Å². The van der Waals surface area contributed by atoms with Crippen LogP contribution in [0.1, 0.15) is 29.7 Å². The highest BCUT2D eigenvalue weighted by molar-refractivity contribution is 9.09. The van der Waals surface area contributed by atoms with Crippen LogP contribution in [-0.2, 0) is 4.74 Å². The number of rotatable bonds is 3. The van der Waals surface area contributed by atoms with E-state index in [2.05, 4.69) is 15.9 Å². The van der Waals surface area contributed by atoms with Gasteiger partial charge in [0.25, 0.3) is 0 Å². The maximum Gasteiger partial charge on any atom is 0.159 e.